The predicted molar refractivity (Wildman–Crippen MR) is 97.0 cm³/mol. The molecule has 0 radical (unpaired) electrons. The van der Waals surface area contributed by atoms with E-state index in [-0.39, 0.29) is 41.9 Å². The van der Waals surface area contributed by atoms with Crippen LogP contribution in [0.4, 0.5) is 4.39 Å². The Morgan fingerprint density at radius 2 is 2.19 bits per heavy atom. The Morgan fingerprint density at radius 1 is 1.37 bits per heavy atom. The third kappa shape index (κ3) is 4.16. The van der Waals surface area contributed by atoms with Gasteiger partial charge in [-0.05, 0) is 18.2 Å². The van der Waals surface area contributed by atoms with Gasteiger partial charge in [-0.2, -0.15) is 0 Å². The summed E-state index contributed by atoms with van der Waals surface area (Å²) in [5, 5.41) is 3.28. The van der Waals surface area contributed by atoms with Gasteiger partial charge >= 0.3 is 0 Å². The first-order valence-electron chi connectivity index (χ1n) is 8.85. The van der Waals surface area contributed by atoms with Crippen molar-refractivity contribution in [2.45, 2.75) is 18.9 Å². The summed E-state index contributed by atoms with van der Waals surface area (Å²) in [6.07, 6.45) is 3.65. The first-order chi connectivity index (χ1) is 13.0. The number of ketones is 1. The van der Waals surface area contributed by atoms with Crippen LogP contribution >= 0.6 is 0 Å². The van der Waals surface area contributed by atoms with Gasteiger partial charge in [0.1, 0.15) is 11.9 Å². The number of Topliss-reactive ketones (excluding diaryl/α,β-unsaturated/α-hetero) is 1. The Labute approximate surface area is 157 Å². The van der Waals surface area contributed by atoms with E-state index < -0.39 is 5.82 Å². The molecule has 1 atom stereocenters. The Kier molecular flexibility index (Phi) is 5.85. The molecule has 0 bridgehead atoms. The van der Waals surface area contributed by atoms with Crippen LogP contribution in [0.5, 0.6) is 5.75 Å². The molecule has 27 heavy (non-hydrogen) atoms. The molecular formula is C19H23FN4O3. The molecule has 2 aromatic rings. The number of methoxy groups -OCH3 is 1. The van der Waals surface area contributed by atoms with Gasteiger partial charge in [0.2, 0.25) is 5.91 Å². The number of hydrogen-bond acceptors (Lipinski definition) is 5. The van der Waals surface area contributed by atoms with Crippen molar-refractivity contribution >= 4 is 11.7 Å². The van der Waals surface area contributed by atoms with E-state index in [1.807, 2.05) is 17.8 Å². The SMILES string of the molecule is COc1ccc(C(=O)CCC(=O)N2CCNCC2c2nccn2C)cc1F. The number of carbonyl (C=O) groups excluding carboxylic acids is 2. The van der Waals surface area contributed by atoms with Crippen LogP contribution in [0, 0.1) is 5.82 Å². The molecule has 1 fully saturated rings. The van der Waals surface area contributed by atoms with E-state index >= 15 is 0 Å². The lowest BCUT2D eigenvalue weighted by atomic mass is 10.0. The normalized spacial score (nSPS) is 17.0. The molecular weight excluding hydrogens is 351 g/mol. The van der Waals surface area contributed by atoms with Crippen LogP contribution in [-0.2, 0) is 11.8 Å². The van der Waals surface area contributed by atoms with Gasteiger partial charge in [-0.25, -0.2) is 9.37 Å². The van der Waals surface area contributed by atoms with Gasteiger partial charge in [0.05, 0.1) is 7.11 Å². The molecule has 1 saturated heterocycles. The smallest absolute Gasteiger partial charge is 0.223 e. The Hall–Kier alpha value is -2.74. The lowest BCUT2D eigenvalue weighted by molar-refractivity contribution is -0.134. The van der Waals surface area contributed by atoms with Crippen LogP contribution in [-0.4, -0.2) is 52.9 Å². The number of ether oxygens (including phenoxy) is 1. The van der Waals surface area contributed by atoms with Crippen LogP contribution in [0.1, 0.15) is 35.1 Å². The zero-order valence-electron chi connectivity index (χ0n) is 15.4. The minimum absolute atomic E-state index is 0.0296. The molecule has 0 saturated carbocycles. The molecule has 1 aliphatic heterocycles. The molecule has 0 aliphatic carbocycles. The number of halogens is 1. The Balaban J connectivity index is 1.64. The average molecular weight is 374 g/mol. The first kappa shape index (κ1) is 19.0. The third-order valence-corrected chi connectivity index (χ3v) is 4.76. The largest absolute Gasteiger partial charge is 0.494 e. The summed E-state index contributed by atoms with van der Waals surface area (Å²) in [7, 11) is 3.26. The second-order valence-corrected chi connectivity index (χ2v) is 6.48. The number of piperazine rings is 1. The monoisotopic (exact) mass is 374 g/mol. The van der Waals surface area contributed by atoms with Crippen molar-refractivity contribution in [3.05, 3.63) is 47.8 Å². The molecule has 1 N–H and O–H groups in total. The third-order valence-electron chi connectivity index (χ3n) is 4.76. The molecule has 1 aliphatic rings. The molecule has 1 aromatic heterocycles. The van der Waals surface area contributed by atoms with Crippen molar-refractivity contribution in [2.75, 3.05) is 26.7 Å². The highest BCUT2D eigenvalue weighted by Crippen LogP contribution is 2.23. The molecule has 1 unspecified atom stereocenters. The van der Waals surface area contributed by atoms with E-state index in [2.05, 4.69) is 10.3 Å². The molecule has 8 heteroatoms. The lowest BCUT2D eigenvalue weighted by Gasteiger charge is -2.35. The Bertz CT molecular complexity index is 836. The number of benzene rings is 1. The molecule has 3 rings (SSSR count). The van der Waals surface area contributed by atoms with Crippen molar-refractivity contribution < 1.29 is 18.7 Å². The van der Waals surface area contributed by atoms with Gasteiger partial charge in [0.15, 0.2) is 17.3 Å². The molecule has 2 heterocycles. The fourth-order valence-corrected chi connectivity index (χ4v) is 3.28. The predicted octanol–water partition coefficient (Wildman–Crippen LogP) is 1.70. The van der Waals surface area contributed by atoms with Crippen molar-refractivity contribution in [3.63, 3.8) is 0 Å². The van der Waals surface area contributed by atoms with Gasteiger partial charge in [0, 0.05) is 57.5 Å². The number of imidazole rings is 1. The molecule has 0 spiro atoms. The number of rotatable bonds is 6. The number of nitrogens with zero attached hydrogens (tertiary/aromatic N) is 3. The van der Waals surface area contributed by atoms with Gasteiger partial charge in [-0.15, -0.1) is 0 Å². The minimum atomic E-state index is -0.591. The zero-order valence-corrected chi connectivity index (χ0v) is 15.4. The molecule has 1 amide bonds. The van der Waals surface area contributed by atoms with E-state index in [4.69, 9.17) is 4.74 Å². The second kappa shape index (κ2) is 8.30. The summed E-state index contributed by atoms with van der Waals surface area (Å²) in [5.74, 6) is -0.0764. The van der Waals surface area contributed by atoms with Gasteiger partial charge in [0.25, 0.3) is 0 Å². The van der Waals surface area contributed by atoms with Gasteiger partial charge in [-0.3, -0.25) is 9.59 Å². The lowest BCUT2D eigenvalue weighted by Crippen LogP contribution is -2.49. The summed E-state index contributed by atoms with van der Waals surface area (Å²) in [6, 6.07) is 3.90. The summed E-state index contributed by atoms with van der Waals surface area (Å²) >= 11 is 0. The quantitative estimate of drug-likeness (QED) is 0.779. The van der Waals surface area contributed by atoms with E-state index in [0.29, 0.717) is 19.6 Å². The first-order valence-corrected chi connectivity index (χ1v) is 8.85. The highest BCUT2D eigenvalue weighted by molar-refractivity contribution is 5.98. The topological polar surface area (TPSA) is 76.5 Å². The van der Waals surface area contributed by atoms with Crippen molar-refractivity contribution in [1.82, 2.24) is 19.8 Å². The summed E-state index contributed by atoms with van der Waals surface area (Å²) in [4.78, 5) is 31.2. The van der Waals surface area contributed by atoms with Crippen molar-refractivity contribution in [1.29, 1.82) is 0 Å². The summed E-state index contributed by atoms with van der Waals surface area (Å²) in [5.41, 5.74) is 0.238. The highest BCUT2D eigenvalue weighted by atomic mass is 19.1. The van der Waals surface area contributed by atoms with Crippen LogP contribution < -0.4 is 10.1 Å². The van der Waals surface area contributed by atoms with Crippen LogP contribution in [0.25, 0.3) is 0 Å². The maximum atomic E-state index is 13.8. The highest BCUT2D eigenvalue weighted by Gasteiger charge is 2.30. The Morgan fingerprint density at radius 3 is 2.85 bits per heavy atom. The standard InChI is InChI=1S/C19H23FN4O3/c1-23-9-8-22-19(23)15-12-21-7-10-24(15)18(26)6-4-16(25)13-3-5-17(27-2)14(20)11-13/h3,5,8-9,11,15,21H,4,6-7,10,12H2,1-2H3. The second-order valence-electron chi connectivity index (χ2n) is 6.48. The maximum absolute atomic E-state index is 13.8. The van der Waals surface area contributed by atoms with E-state index in [1.54, 1.807) is 11.1 Å². The van der Waals surface area contributed by atoms with E-state index in [1.165, 1.54) is 19.2 Å². The molecule has 1 aromatic carbocycles. The molecule has 7 nitrogen and oxygen atoms in total. The number of amides is 1. The molecule has 144 valence electrons. The zero-order chi connectivity index (χ0) is 19.4. The fraction of sp³-hybridized carbons (Fsp3) is 0.421. The number of aryl methyl sites for hydroxylation is 1. The van der Waals surface area contributed by atoms with E-state index in [9.17, 15) is 14.0 Å². The van der Waals surface area contributed by atoms with Gasteiger partial charge < -0.3 is 19.5 Å². The van der Waals surface area contributed by atoms with Crippen molar-refractivity contribution in [3.8, 4) is 5.75 Å². The number of nitrogens with one attached hydrogen (secondary N) is 1. The average Bonchev–Trinajstić information content (AvgIpc) is 3.11. The van der Waals surface area contributed by atoms with Crippen molar-refractivity contribution in [2.24, 2.45) is 7.05 Å². The number of aromatic nitrogens is 2. The van der Waals surface area contributed by atoms with Crippen LogP contribution in [0.2, 0.25) is 0 Å². The van der Waals surface area contributed by atoms with Crippen LogP contribution in [0.15, 0.2) is 30.6 Å². The maximum Gasteiger partial charge on any atom is 0.223 e. The summed E-state index contributed by atoms with van der Waals surface area (Å²) < 4.78 is 20.5. The summed E-state index contributed by atoms with van der Waals surface area (Å²) in [6.45, 7) is 1.88. The minimum Gasteiger partial charge on any atom is -0.494 e. The number of hydrogen-bond donors (Lipinski definition) is 1. The fourth-order valence-electron chi connectivity index (χ4n) is 3.28. The number of carbonyl (C=O) groups is 2. The van der Waals surface area contributed by atoms with Gasteiger partial charge in [-0.1, -0.05) is 0 Å². The van der Waals surface area contributed by atoms with Crippen LogP contribution in [0.3, 0.4) is 0 Å². The van der Waals surface area contributed by atoms with E-state index in [0.717, 1.165) is 11.9 Å².